The van der Waals surface area contributed by atoms with Gasteiger partial charge in [-0.2, -0.15) is 0 Å². The summed E-state index contributed by atoms with van der Waals surface area (Å²) in [5.74, 6) is -4.30. The molecule has 0 saturated carbocycles. The van der Waals surface area contributed by atoms with Crippen LogP contribution in [0.2, 0.25) is 10.0 Å². The Balaban J connectivity index is 1.46. The molecule has 0 aliphatic carbocycles. The molecule has 7 nitrogen and oxygen atoms in total. The van der Waals surface area contributed by atoms with E-state index in [-0.39, 0.29) is 27.7 Å². The summed E-state index contributed by atoms with van der Waals surface area (Å²) in [6.45, 7) is -1.29. The van der Waals surface area contributed by atoms with Crippen LogP contribution in [0.1, 0.15) is 38.3 Å². The van der Waals surface area contributed by atoms with Crippen molar-refractivity contribution in [3.63, 3.8) is 0 Å². The highest BCUT2D eigenvalue weighted by Crippen LogP contribution is 2.47. The van der Waals surface area contributed by atoms with E-state index in [1.165, 1.54) is 35.4 Å². The molecule has 192 valence electrons. The SMILES string of the molecule is O=C1c2cc(Cl)ccc2CCN1c1ccc(C(=O)N2CCC(F)(F)[C@](O)(CO)c3cc(Cl)ccc32)cn1. The first-order chi connectivity index (χ1) is 17.6. The maximum atomic E-state index is 14.9. The van der Waals surface area contributed by atoms with Crippen molar-refractivity contribution in [3.05, 3.63) is 87.0 Å². The molecule has 1 aromatic heterocycles. The smallest absolute Gasteiger partial charge is 0.284 e. The van der Waals surface area contributed by atoms with Crippen LogP contribution in [-0.2, 0) is 12.0 Å². The van der Waals surface area contributed by atoms with E-state index in [9.17, 15) is 28.6 Å². The highest BCUT2D eigenvalue weighted by Gasteiger charge is 2.56. The Bertz CT molecular complexity index is 1400. The van der Waals surface area contributed by atoms with E-state index >= 15 is 0 Å². The quantitative estimate of drug-likeness (QED) is 0.505. The average Bonchev–Trinajstić information content (AvgIpc) is 2.97. The standard InChI is InChI=1S/C26H21Cl2F2N3O4/c27-17-3-1-15-7-9-33(24(36)19(15)11-17)22-6-2-16(13-31-22)23(35)32-10-8-26(29,30)25(37,14-34)20-12-18(28)4-5-21(20)32/h1-6,11-13,34,37H,7-10,14H2/t25-/m0/s1. The number of hydrogen-bond donors (Lipinski definition) is 2. The first-order valence-corrected chi connectivity index (χ1v) is 12.2. The predicted octanol–water partition coefficient (Wildman–Crippen LogP) is 4.46. The third kappa shape index (κ3) is 4.25. The molecule has 3 heterocycles. The molecule has 0 spiro atoms. The highest BCUT2D eigenvalue weighted by molar-refractivity contribution is 6.31. The second-order valence-electron chi connectivity index (χ2n) is 9.00. The number of alkyl halides is 2. The van der Waals surface area contributed by atoms with Gasteiger partial charge < -0.3 is 15.1 Å². The van der Waals surface area contributed by atoms with Crippen molar-refractivity contribution in [2.45, 2.75) is 24.4 Å². The number of pyridine rings is 1. The van der Waals surface area contributed by atoms with Crippen molar-refractivity contribution in [3.8, 4) is 0 Å². The van der Waals surface area contributed by atoms with Crippen LogP contribution in [0.5, 0.6) is 0 Å². The Labute approximate surface area is 220 Å². The summed E-state index contributed by atoms with van der Waals surface area (Å²) < 4.78 is 29.9. The van der Waals surface area contributed by atoms with Gasteiger partial charge in [-0.05, 0) is 54.4 Å². The van der Waals surface area contributed by atoms with Gasteiger partial charge in [0.25, 0.3) is 17.7 Å². The fourth-order valence-electron chi connectivity index (χ4n) is 4.75. The van der Waals surface area contributed by atoms with Gasteiger partial charge in [-0.25, -0.2) is 13.8 Å². The lowest BCUT2D eigenvalue weighted by atomic mass is 9.86. The molecular weight excluding hydrogens is 527 g/mol. The fraction of sp³-hybridized carbons (Fsp3) is 0.269. The lowest BCUT2D eigenvalue weighted by Crippen LogP contribution is -2.48. The molecule has 0 saturated heterocycles. The number of aromatic nitrogens is 1. The third-order valence-corrected chi connectivity index (χ3v) is 7.32. The minimum Gasteiger partial charge on any atom is -0.393 e. The van der Waals surface area contributed by atoms with E-state index in [2.05, 4.69) is 4.98 Å². The van der Waals surface area contributed by atoms with E-state index in [1.807, 2.05) is 6.07 Å². The zero-order valence-electron chi connectivity index (χ0n) is 19.3. The van der Waals surface area contributed by atoms with Crippen molar-refractivity contribution >= 4 is 46.5 Å². The zero-order valence-corrected chi connectivity index (χ0v) is 20.8. The highest BCUT2D eigenvalue weighted by atomic mass is 35.5. The van der Waals surface area contributed by atoms with Crippen LogP contribution in [0.15, 0.2) is 54.7 Å². The fourth-order valence-corrected chi connectivity index (χ4v) is 5.10. The molecule has 11 heteroatoms. The minimum absolute atomic E-state index is 0.00638. The molecule has 37 heavy (non-hydrogen) atoms. The number of carbonyl (C=O) groups excluding carboxylic acids is 2. The van der Waals surface area contributed by atoms with E-state index in [4.69, 9.17) is 23.2 Å². The number of aliphatic hydroxyl groups excluding tert-OH is 1. The molecular formula is C26H21Cl2F2N3O4. The summed E-state index contributed by atoms with van der Waals surface area (Å²) in [5, 5.41) is 21.0. The molecule has 2 aromatic carbocycles. The minimum atomic E-state index is -3.73. The zero-order chi connectivity index (χ0) is 26.5. The Morgan fingerprint density at radius 2 is 1.78 bits per heavy atom. The summed E-state index contributed by atoms with van der Waals surface area (Å²) in [7, 11) is 0. The van der Waals surface area contributed by atoms with Crippen LogP contribution in [0.25, 0.3) is 0 Å². The molecule has 0 radical (unpaired) electrons. The number of aliphatic hydroxyl groups is 2. The van der Waals surface area contributed by atoms with Crippen LogP contribution < -0.4 is 9.80 Å². The Morgan fingerprint density at radius 3 is 2.49 bits per heavy atom. The van der Waals surface area contributed by atoms with E-state index in [0.717, 1.165) is 16.5 Å². The second-order valence-corrected chi connectivity index (χ2v) is 9.88. The number of amides is 2. The van der Waals surface area contributed by atoms with E-state index < -0.39 is 37.0 Å². The number of anilines is 2. The van der Waals surface area contributed by atoms with Crippen LogP contribution in [-0.4, -0.2) is 52.6 Å². The maximum Gasteiger partial charge on any atom is 0.284 e. The first kappa shape index (κ1) is 25.5. The van der Waals surface area contributed by atoms with Crippen molar-refractivity contribution in [2.24, 2.45) is 0 Å². The summed E-state index contributed by atoms with van der Waals surface area (Å²) in [6, 6.07) is 12.0. The average molecular weight is 548 g/mol. The van der Waals surface area contributed by atoms with Crippen molar-refractivity contribution in [1.82, 2.24) is 4.98 Å². The summed E-state index contributed by atoms with van der Waals surface area (Å²) >= 11 is 12.1. The van der Waals surface area contributed by atoms with Gasteiger partial charge in [0, 0.05) is 46.9 Å². The molecule has 2 amide bonds. The van der Waals surface area contributed by atoms with Crippen LogP contribution in [0.3, 0.4) is 0 Å². The molecule has 3 aromatic rings. The normalized spacial score (nSPS) is 20.8. The van der Waals surface area contributed by atoms with Crippen LogP contribution in [0.4, 0.5) is 20.3 Å². The summed E-state index contributed by atoms with van der Waals surface area (Å²) in [6.07, 6.45) is 0.989. The monoisotopic (exact) mass is 547 g/mol. The number of carbonyl (C=O) groups is 2. The topological polar surface area (TPSA) is 94.0 Å². The number of nitrogens with zero attached hydrogens (tertiary/aromatic N) is 3. The molecule has 0 fully saturated rings. The summed E-state index contributed by atoms with van der Waals surface area (Å²) in [5.41, 5.74) is -1.80. The largest absolute Gasteiger partial charge is 0.393 e. The van der Waals surface area contributed by atoms with E-state index in [0.29, 0.717) is 29.4 Å². The predicted molar refractivity (Wildman–Crippen MR) is 135 cm³/mol. The molecule has 2 aliphatic heterocycles. The Kier molecular flexibility index (Phi) is 6.44. The van der Waals surface area contributed by atoms with Gasteiger partial charge in [-0.1, -0.05) is 29.3 Å². The van der Waals surface area contributed by atoms with Crippen molar-refractivity contribution in [1.29, 1.82) is 0 Å². The Morgan fingerprint density at radius 1 is 1.05 bits per heavy atom. The number of hydrogen-bond acceptors (Lipinski definition) is 5. The molecule has 0 bridgehead atoms. The summed E-state index contributed by atoms with van der Waals surface area (Å²) in [4.78, 5) is 33.3. The van der Waals surface area contributed by atoms with Gasteiger partial charge in [-0.15, -0.1) is 0 Å². The number of rotatable bonds is 3. The van der Waals surface area contributed by atoms with Gasteiger partial charge in [0.05, 0.1) is 17.9 Å². The second kappa shape index (κ2) is 9.33. The number of benzene rings is 2. The van der Waals surface area contributed by atoms with Gasteiger partial charge in [0.1, 0.15) is 5.82 Å². The molecule has 5 rings (SSSR count). The van der Waals surface area contributed by atoms with Crippen molar-refractivity contribution < 1.29 is 28.6 Å². The van der Waals surface area contributed by atoms with Gasteiger partial charge in [0.15, 0.2) is 5.60 Å². The third-order valence-electron chi connectivity index (χ3n) is 6.85. The van der Waals surface area contributed by atoms with Gasteiger partial charge in [0.2, 0.25) is 0 Å². The maximum absolute atomic E-state index is 14.9. The molecule has 2 aliphatic rings. The van der Waals surface area contributed by atoms with Crippen molar-refractivity contribution in [2.75, 3.05) is 29.5 Å². The number of fused-ring (bicyclic) bond motifs is 2. The Hall–Kier alpha value is -3.11. The molecule has 0 unspecified atom stereocenters. The van der Waals surface area contributed by atoms with E-state index in [1.54, 1.807) is 12.1 Å². The lowest BCUT2D eigenvalue weighted by Gasteiger charge is -2.33. The first-order valence-electron chi connectivity index (χ1n) is 11.4. The van der Waals surface area contributed by atoms with Crippen LogP contribution >= 0.6 is 23.2 Å². The van der Waals surface area contributed by atoms with Gasteiger partial charge in [-0.3, -0.25) is 14.5 Å². The molecule has 2 N–H and O–H groups in total. The molecule has 1 atom stereocenters. The van der Waals surface area contributed by atoms with Crippen LogP contribution in [0, 0.1) is 0 Å². The number of halogens is 4. The van der Waals surface area contributed by atoms with Gasteiger partial charge >= 0.3 is 0 Å². The lowest BCUT2D eigenvalue weighted by molar-refractivity contribution is -0.205.